The second-order valence-corrected chi connectivity index (χ2v) is 4.73. The lowest BCUT2D eigenvalue weighted by atomic mass is 10.1. The summed E-state index contributed by atoms with van der Waals surface area (Å²) in [7, 11) is 0. The summed E-state index contributed by atoms with van der Waals surface area (Å²) in [6.07, 6.45) is 0. The molecule has 0 saturated carbocycles. The Kier molecular flexibility index (Phi) is 2.72. The molecule has 0 aliphatic rings. The third-order valence-electron chi connectivity index (χ3n) is 2.70. The molecule has 0 aliphatic heterocycles. The largest absolute Gasteiger partial charge is 0.459 e. The molecule has 18 heavy (non-hydrogen) atoms. The molecule has 1 atom stereocenters. The van der Waals surface area contributed by atoms with Gasteiger partial charge in [-0.05, 0) is 52.3 Å². The second-order valence-electron chi connectivity index (χ2n) is 3.95. The van der Waals surface area contributed by atoms with Gasteiger partial charge in [0.1, 0.15) is 29.0 Å². The van der Waals surface area contributed by atoms with Crippen molar-refractivity contribution < 1.29 is 13.2 Å². The van der Waals surface area contributed by atoms with Gasteiger partial charge in [0.15, 0.2) is 4.67 Å². The number of fused-ring (bicyclic) bond motifs is 1. The third kappa shape index (κ3) is 1.95. The van der Waals surface area contributed by atoms with E-state index in [2.05, 4.69) is 15.9 Å². The first-order valence-corrected chi connectivity index (χ1v) is 6.12. The number of halogens is 2. The Hall–Kier alpha value is -1.59. The van der Waals surface area contributed by atoms with Crippen LogP contribution in [0.25, 0.3) is 11.0 Å². The molecule has 3 rings (SSSR count). The van der Waals surface area contributed by atoms with E-state index in [4.69, 9.17) is 14.6 Å². The molecule has 92 valence electrons. The van der Waals surface area contributed by atoms with Crippen LogP contribution in [-0.4, -0.2) is 0 Å². The van der Waals surface area contributed by atoms with E-state index in [-0.39, 0.29) is 5.82 Å². The lowest BCUT2D eigenvalue weighted by Crippen LogP contribution is -2.09. The van der Waals surface area contributed by atoms with Crippen molar-refractivity contribution >= 4 is 26.9 Å². The molecule has 0 fully saturated rings. The maximum Gasteiger partial charge on any atom is 0.169 e. The van der Waals surface area contributed by atoms with Crippen molar-refractivity contribution in [2.75, 3.05) is 0 Å². The molecule has 0 aliphatic carbocycles. The zero-order valence-corrected chi connectivity index (χ0v) is 10.8. The van der Waals surface area contributed by atoms with Crippen LogP contribution in [0.4, 0.5) is 4.39 Å². The maximum absolute atomic E-state index is 13.1. The summed E-state index contributed by atoms with van der Waals surface area (Å²) in [6.45, 7) is 0. The van der Waals surface area contributed by atoms with Crippen molar-refractivity contribution in [1.29, 1.82) is 0 Å². The number of nitrogens with two attached hydrogens (primary N) is 1. The van der Waals surface area contributed by atoms with Crippen LogP contribution in [0.5, 0.6) is 0 Å². The average Bonchev–Trinajstić information content (AvgIpc) is 2.93. The van der Waals surface area contributed by atoms with E-state index in [9.17, 15) is 4.39 Å². The van der Waals surface area contributed by atoms with E-state index in [1.807, 2.05) is 0 Å². The van der Waals surface area contributed by atoms with Crippen molar-refractivity contribution in [3.63, 3.8) is 0 Å². The van der Waals surface area contributed by atoms with Crippen molar-refractivity contribution in [2.24, 2.45) is 5.73 Å². The molecule has 2 heterocycles. The van der Waals surface area contributed by atoms with Gasteiger partial charge in [0.2, 0.25) is 0 Å². The molecular weight excluding hydrogens is 301 g/mol. The quantitative estimate of drug-likeness (QED) is 0.779. The van der Waals surface area contributed by atoms with Crippen molar-refractivity contribution in [3.05, 3.63) is 58.4 Å². The van der Waals surface area contributed by atoms with Crippen LogP contribution in [0.2, 0.25) is 0 Å². The first kappa shape index (κ1) is 11.5. The van der Waals surface area contributed by atoms with Gasteiger partial charge in [-0.25, -0.2) is 4.39 Å². The fourth-order valence-electron chi connectivity index (χ4n) is 1.82. The molecular formula is C13H9BrFNO2. The zero-order valence-electron chi connectivity index (χ0n) is 9.19. The molecule has 2 aromatic heterocycles. The van der Waals surface area contributed by atoms with Crippen LogP contribution in [-0.2, 0) is 0 Å². The highest BCUT2D eigenvalue weighted by Gasteiger charge is 2.17. The minimum Gasteiger partial charge on any atom is -0.459 e. The molecule has 5 heteroatoms. The Labute approximate surface area is 110 Å². The van der Waals surface area contributed by atoms with Gasteiger partial charge in [0.25, 0.3) is 0 Å². The molecule has 0 bridgehead atoms. The highest BCUT2D eigenvalue weighted by atomic mass is 79.9. The van der Waals surface area contributed by atoms with Crippen LogP contribution >= 0.6 is 15.9 Å². The summed E-state index contributed by atoms with van der Waals surface area (Å²) in [5.74, 6) is 0.822. The predicted molar refractivity (Wildman–Crippen MR) is 68.6 cm³/mol. The number of benzene rings is 1. The predicted octanol–water partition coefficient (Wildman–Crippen LogP) is 3.98. The van der Waals surface area contributed by atoms with Gasteiger partial charge in [0.05, 0.1) is 0 Å². The molecule has 3 aromatic rings. The van der Waals surface area contributed by atoms with E-state index in [0.717, 1.165) is 0 Å². The Balaban J connectivity index is 2.03. The molecule has 2 N–H and O–H groups in total. The van der Waals surface area contributed by atoms with Gasteiger partial charge in [0, 0.05) is 5.39 Å². The van der Waals surface area contributed by atoms with Crippen LogP contribution < -0.4 is 5.73 Å². The van der Waals surface area contributed by atoms with Crippen molar-refractivity contribution in [1.82, 2.24) is 0 Å². The first-order chi connectivity index (χ1) is 8.63. The fourth-order valence-corrected chi connectivity index (χ4v) is 2.14. The zero-order chi connectivity index (χ0) is 12.7. The molecule has 0 saturated heterocycles. The maximum atomic E-state index is 13.1. The summed E-state index contributed by atoms with van der Waals surface area (Å²) in [5, 5.41) is 0.686. The Bertz CT molecular complexity index is 704. The first-order valence-electron chi connectivity index (χ1n) is 5.33. The fraction of sp³-hybridized carbons (Fsp3) is 0.0769. The SMILES string of the molecule is NC(c1ccc(Br)o1)c1cc2cc(F)ccc2o1. The topological polar surface area (TPSA) is 52.3 Å². The molecule has 0 spiro atoms. The van der Waals surface area contributed by atoms with Crippen molar-refractivity contribution in [2.45, 2.75) is 6.04 Å². The lowest BCUT2D eigenvalue weighted by Gasteiger charge is -2.03. The number of furan rings is 2. The van der Waals surface area contributed by atoms with E-state index in [1.54, 1.807) is 24.3 Å². The Morgan fingerprint density at radius 2 is 1.89 bits per heavy atom. The van der Waals surface area contributed by atoms with Gasteiger partial charge in [-0.15, -0.1) is 0 Å². The van der Waals surface area contributed by atoms with Gasteiger partial charge >= 0.3 is 0 Å². The second kappa shape index (κ2) is 4.26. The smallest absolute Gasteiger partial charge is 0.169 e. The van der Waals surface area contributed by atoms with Crippen LogP contribution in [0, 0.1) is 5.82 Å². The number of rotatable bonds is 2. The Morgan fingerprint density at radius 1 is 1.06 bits per heavy atom. The summed E-state index contributed by atoms with van der Waals surface area (Å²) in [5.41, 5.74) is 6.63. The summed E-state index contributed by atoms with van der Waals surface area (Å²) in [4.78, 5) is 0. The molecule has 0 amide bonds. The molecule has 3 nitrogen and oxygen atoms in total. The monoisotopic (exact) mass is 309 g/mol. The van der Waals surface area contributed by atoms with Crippen LogP contribution in [0.15, 0.2) is 49.9 Å². The van der Waals surface area contributed by atoms with Gasteiger partial charge in [-0.2, -0.15) is 0 Å². The molecule has 1 aromatic carbocycles. The van der Waals surface area contributed by atoms with E-state index < -0.39 is 6.04 Å². The summed E-state index contributed by atoms with van der Waals surface area (Å²) in [6, 6.07) is 9.09. The van der Waals surface area contributed by atoms with Gasteiger partial charge < -0.3 is 14.6 Å². The van der Waals surface area contributed by atoms with Gasteiger partial charge in [-0.3, -0.25) is 0 Å². The van der Waals surface area contributed by atoms with Crippen LogP contribution in [0.1, 0.15) is 17.6 Å². The minimum absolute atomic E-state index is 0.302. The van der Waals surface area contributed by atoms with E-state index in [0.29, 0.717) is 27.2 Å². The van der Waals surface area contributed by atoms with E-state index in [1.165, 1.54) is 12.1 Å². The van der Waals surface area contributed by atoms with Crippen molar-refractivity contribution in [3.8, 4) is 0 Å². The summed E-state index contributed by atoms with van der Waals surface area (Å²) >= 11 is 3.21. The van der Waals surface area contributed by atoms with Gasteiger partial charge in [-0.1, -0.05) is 0 Å². The highest BCUT2D eigenvalue weighted by molar-refractivity contribution is 9.10. The minimum atomic E-state index is -0.508. The number of hydrogen-bond donors (Lipinski definition) is 1. The summed E-state index contributed by atoms with van der Waals surface area (Å²) < 4.78 is 24.6. The normalized spacial score (nSPS) is 13.1. The molecule has 1 unspecified atom stereocenters. The van der Waals surface area contributed by atoms with E-state index >= 15 is 0 Å². The lowest BCUT2D eigenvalue weighted by molar-refractivity contribution is 0.433. The number of hydrogen-bond acceptors (Lipinski definition) is 3. The average molecular weight is 310 g/mol. The van der Waals surface area contributed by atoms with Crippen LogP contribution in [0.3, 0.4) is 0 Å². The standard InChI is InChI=1S/C13H9BrFNO2/c14-12-4-3-10(18-12)13(16)11-6-7-5-8(15)1-2-9(7)17-11/h1-6,13H,16H2. The third-order valence-corrected chi connectivity index (χ3v) is 3.13. The highest BCUT2D eigenvalue weighted by Crippen LogP contribution is 2.29. The Morgan fingerprint density at radius 3 is 2.61 bits per heavy atom. The molecule has 0 radical (unpaired) electrons.